The number of hydrogen-bond donors (Lipinski definition) is 1. The van der Waals surface area contributed by atoms with Gasteiger partial charge in [0.15, 0.2) is 5.78 Å². The summed E-state index contributed by atoms with van der Waals surface area (Å²) in [5, 5.41) is 2.22. The van der Waals surface area contributed by atoms with E-state index < -0.39 is 0 Å². The van der Waals surface area contributed by atoms with Crippen LogP contribution in [0.5, 0.6) is 0 Å². The van der Waals surface area contributed by atoms with Crippen molar-refractivity contribution in [3.8, 4) is 11.1 Å². The number of carbonyl (C=O) groups is 1. The zero-order valence-corrected chi connectivity index (χ0v) is 11.3. The Hall–Kier alpha value is -2.61. The second kappa shape index (κ2) is 4.82. The zero-order valence-electron chi connectivity index (χ0n) is 11.3. The maximum Gasteiger partial charge on any atom is 0.160 e. The topological polar surface area (TPSA) is 43.1 Å². The first-order valence-corrected chi connectivity index (χ1v) is 6.55. The molecule has 98 valence electrons. The van der Waals surface area contributed by atoms with E-state index in [0.29, 0.717) is 0 Å². The molecule has 0 saturated heterocycles. The van der Waals surface area contributed by atoms with E-state index in [1.807, 2.05) is 54.6 Å². The first-order chi connectivity index (χ1) is 9.66. The summed E-state index contributed by atoms with van der Waals surface area (Å²) < 4.78 is 0. The fraction of sp³-hybridized carbons (Fsp3) is 0.0556. The Morgan fingerprint density at radius 3 is 2.30 bits per heavy atom. The van der Waals surface area contributed by atoms with Crippen LogP contribution in [0.3, 0.4) is 0 Å². The highest BCUT2D eigenvalue weighted by molar-refractivity contribution is 6.09. The Morgan fingerprint density at radius 1 is 0.900 bits per heavy atom. The summed E-state index contributed by atoms with van der Waals surface area (Å²) in [5.41, 5.74) is 9.21. The summed E-state index contributed by atoms with van der Waals surface area (Å²) in [6.45, 7) is 1.60. The molecule has 0 heterocycles. The first-order valence-electron chi connectivity index (χ1n) is 6.55. The van der Waals surface area contributed by atoms with Crippen LogP contribution in [0.1, 0.15) is 17.3 Å². The summed E-state index contributed by atoms with van der Waals surface area (Å²) in [4.78, 5) is 11.9. The van der Waals surface area contributed by atoms with Gasteiger partial charge in [-0.2, -0.15) is 0 Å². The Kier molecular flexibility index (Phi) is 2.99. The summed E-state index contributed by atoms with van der Waals surface area (Å²) in [5.74, 6) is 0.0718. The average Bonchev–Trinajstić information content (AvgIpc) is 2.47. The molecule has 0 aliphatic carbocycles. The lowest BCUT2D eigenvalue weighted by atomic mass is 9.91. The van der Waals surface area contributed by atoms with Crippen LogP contribution in [0, 0.1) is 0 Å². The van der Waals surface area contributed by atoms with Crippen LogP contribution < -0.4 is 5.73 Å². The standard InChI is InChI=1S/C18H15NO/c1-12(20)16-11-8-13-4-2-3-5-17(13)18(16)14-6-9-15(19)10-7-14/h2-11H,19H2,1H3. The number of hydrogen-bond acceptors (Lipinski definition) is 2. The molecule has 0 saturated carbocycles. The second-order valence-corrected chi connectivity index (χ2v) is 4.89. The van der Waals surface area contributed by atoms with Crippen LogP contribution in [0.15, 0.2) is 60.7 Å². The number of fused-ring (bicyclic) bond motifs is 1. The average molecular weight is 261 g/mol. The molecule has 0 amide bonds. The van der Waals surface area contributed by atoms with Gasteiger partial charge in [0.25, 0.3) is 0 Å². The molecule has 0 aromatic heterocycles. The van der Waals surface area contributed by atoms with Crippen molar-refractivity contribution in [3.63, 3.8) is 0 Å². The number of carbonyl (C=O) groups excluding carboxylic acids is 1. The molecule has 0 radical (unpaired) electrons. The highest BCUT2D eigenvalue weighted by Crippen LogP contribution is 2.32. The number of nitrogens with two attached hydrogens (primary N) is 1. The summed E-state index contributed by atoms with van der Waals surface area (Å²) in [7, 11) is 0. The second-order valence-electron chi connectivity index (χ2n) is 4.89. The van der Waals surface area contributed by atoms with Gasteiger partial charge in [-0.25, -0.2) is 0 Å². The molecule has 0 atom stereocenters. The van der Waals surface area contributed by atoms with Crippen molar-refractivity contribution >= 4 is 22.2 Å². The minimum absolute atomic E-state index is 0.0718. The minimum atomic E-state index is 0.0718. The lowest BCUT2D eigenvalue weighted by Crippen LogP contribution is -1.97. The molecule has 20 heavy (non-hydrogen) atoms. The third-order valence-electron chi connectivity index (χ3n) is 3.51. The van der Waals surface area contributed by atoms with E-state index in [4.69, 9.17) is 5.73 Å². The van der Waals surface area contributed by atoms with Crippen LogP contribution in [0.25, 0.3) is 21.9 Å². The summed E-state index contributed by atoms with van der Waals surface area (Å²) in [6, 6.07) is 19.6. The monoisotopic (exact) mass is 261 g/mol. The van der Waals surface area contributed by atoms with Crippen molar-refractivity contribution in [2.45, 2.75) is 6.92 Å². The first kappa shape index (κ1) is 12.4. The molecule has 0 aliphatic rings. The van der Waals surface area contributed by atoms with Gasteiger partial charge in [0, 0.05) is 16.8 Å². The van der Waals surface area contributed by atoms with Crippen molar-refractivity contribution in [2.75, 3.05) is 5.73 Å². The Balaban J connectivity index is 2.38. The van der Waals surface area contributed by atoms with E-state index in [-0.39, 0.29) is 5.78 Å². The Labute approximate surface area is 117 Å². The van der Waals surface area contributed by atoms with Gasteiger partial charge in [0.2, 0.25) is 0 Å². The normalized spacial score (nSPS) is 10.7. The molecule has 3 aromatic rings. The fourth-order valence-electron chi connectivity index (χ4n) is 2.53. The summed E-state index contributed by atoms with van der Waals surface area (Å²) in [6.07, 6.45) is 0. The molecular formula is C18H15NO. The molecule has 3 aromatic carbocycles. The van der Waals surface area contributed by atoms with Gasteiger partial charge in [0.1, 0.15) is 0 Å². The highest BCUT2D eigenvalue weighted by Gasteiger charge is 2.12. The number of ketones is 1. The van der Waals surface area contributed by atoms with Crippen molar-refractivity contribution in [1.82, 2.24) is 0 Å². The van der Waals surface area contributed by atoms with Gasteiger partial charge < -0.3 is 5.73 Å². The van der Waals surface area contributed by atoms with E-state index in [2.05, 4.69) is 6.07 Å². The van der Waals surface area contributed by atoms with Gasteiger partial charge >= 0.3 is 0 Å². The largest absolute Gasteiger partial charge is 0.399 e. The van der Waals surface area contributed by atoms with Crippen LogP contribution >= 0.6 is 0 Å². The van der Waals surface area contributed by atoms with E-state index in [9.17, 15) is 4.79 Å². The quantitative estimate of drug-likeness (QED) is 0.552. The minimum Gasteiger partial charge on any atom is -0.399 e. The third-order valence-corrected chi connectivity index (χ3v) is 3.51. The van der Waals surface area contributed by atoms with E-state index in [1.165, 1.54) is 0 Å². The maximum atomic E-state index is 11.9. The van der Waals surface area contributed by atoms with Gasteiger partial charge in [-0.15, -0.1) is 0 Å². The van der Waals surface area contributed by atoms with Crippen LogP contribution in [-0.2, 0) is 0 Å². The van der Waals surface area contributed by atoms with Crippen LogP contribution in [-0.4, -0.2) is 5.78 Å². The molecule has 0 fully saturated rings. The predicted molar refractivity (Wildman–Crippen MR) is 83.8 cm³/mol. The highest BCUT2D eigenvalue weighted by atomic mass is 16.1. The molecule has 2 N–H and O–H groups in total. The van der Waals surface area contributed by atoms with Crippen molar-refractivity contribution in [1.29, 1.82) is 0 Å². The Bertz CT molecular complexity index is 788. The fourth-order valence-corrected chi connectivity index (χ4v) is 2.53. The SMILES string of the molecule is CC(=O)c1ccc2ccccc2c1-c1ccc(N)cc1. The smallest absolute Gasteiger partial charge is 0.160 e. The molecule has 0 bridgehead atoms. The molecular weight excluding hydrogens is 246 g/mol. The predicted octanol–water partition coefficient (Wildman–Crippen LogP) is 4.29. The number of nitrogen functional groups attached to an aromatic ring is 1. The Morgan fingerprint density at radius 2 is 1.60 bits per heavy atom. The third kappa shape index (κ3) is 2.05. The van der Waals surface area contributed by atoms with E-state index in [0.717, 1.165) is 33.2 Å². The molecule has 2 nitrogen and oxygen atoms in total. The van der Waals surface area contributed by atoms with E-state index in [1.54, 1.807) is 6.92 Å². The lowest BCUT2D eigenvalue weighted by molar-refractivity contribution is 0.101. The van der Waals surface area contributed by atoms with Gasteiger partial charge in [-0.05, 0) is 35.4 Å². The van der Waals surface area contributed by atoms with Gasteiger partial charge in [-0.1, -0.05) is 48.5 Å². The van der Waals surface area contributed by atoms with Gasteiger partial charge in [-0.3, -0.25) is 4.79 Å². The van der Waals surface area contributed by atoms with Crippen LogP contribution in [0.4, 0.5) is 5.69 Å². The van der Waals surface area contributed by atoms with Crippen molar-refractivity contribution in [2.24, 2.45) is 0 Å². The molecule has 0 aliphatic heterocycles. The number of Topliss-reactive ketones (excluding diaryl/α,β-unsaturated/α-hetero) is 1. The number of rotatable bonds is 2. The van der Waals surface area contributed by atoms with Gasteiger partial charge in [0.05, 0.1) is 0 Å². The zero-order chi connectivity index (χ0) is 14.1. The molecule has 0 spiro atoms. The van der Waals surface area contributed by atoms with Crippen LogP contribution in [0.2, 0.25) is 0 Å². The maximum absolute atomic E-state index is 11.9. The summed E-state index contributed by atoms with van der Waals surface area (Å²) >= 11 is 0. The number of benzene rings is 3. The number of anilines is 1. The van der Waals surface area contributed by atoms with Crippen molar-refractivity contribution < 1.29 is 4.79 Å². The van der Waals surface area contributed by atoms with E-state index >= 15 is 0 Å². The van der Waals surface area contributed by atoms with Crippen molar-refractivity contribution in [3.05, 3.63) is 66.2 Å². The molecule has 3 rings (SSSR count). The lowest BCUT2D eigenvalue weighted by Gasteiger charge is -2.12. The molecule has 0 unspecified atom stereocenters. The molecule has 2 heteroatoms.